The first-order valence-electron chi connectivity index (χ1n) is 5.92. The number of Topliss-reactive ketones (excluding diaryl/α,β-unsaturated/α-hetero) is 1. The highest BCUT2D eigenvalue weighted by Crippen LogP contribution is 2.16. The molecule has 0 heterocycles. The molecule has 1 rings (SSSR count). The lowest BCUT2D eigenvalue weighted by atomic mass is 9.96. The highest BCUT2D eigenvalue weighted by atomic mass is 16.1. The summed E-state index contributed by atoms with van der Waals surface area (Å²) < 4.78 is 0. The number of hydrogen-bond donors (Lipinski definition) is 0. The normalized spacial score (nSPS) is 12.1. The molecule has 3 nitrogen and oxygen atoms in total. The molecule has 0 unspecified atom stereocenters. The minimum absolute atomic E-state index is 0.0256. The van der Waals surface area contributed by atoms with Crippen LogP contribution in [0.2, 0.25) is 0 Å². The van der Waals surface area contributed by atoms with Gasteiger partial charge in [0.25, 0.3) is 0 Å². The van der Waals surface area contributed by atoms with Crippen molar-refractivity contribution in [2.45, 2.75) is 19.8 Å². The summed E-state index contributed by atoms with van der Waals surface area (Å²) in [6.07, 6.45) is 0. The maximum absolute atomic E-state index is 12.0. The Morgan fingerprint density at radius 2 is 1.88 bits per heavy atom. The zero-order valence-electron chi connectivity index (χ0n) is 10.4. The molecule has 90 valence electrons. The van der Waals surface area contributed by atoms with Gasteiger partial charge in [0.15, 0.2) is 5.78 Å². The van der Waals surface area contributed by atoms with E-state index < -0.39 is 5.92 Å². The van der Waals surface area contributed by atoms with E-state index in [0.29, 0.717) is 6.54 Å². The second kappa shape index (κ2) is 6.82. The van der Waals surface area contributed by atoms with Gasteiger partial charge in [0.2, 0.25) is 0 Å². The fourth-order valence-corrected chi connectivity index (χ4v) is 1.74. The van der Waals surface area contributed by atoms with E-state index in [4.69, 9.17) is 5.26 Å². The molecular weight excluding hydrogens is 212 g/mol. The molecule has 1 aromatic carbocycles. The van der Waals surface area contributed by atoms with E-state index in [-0.39, 0.29) is 5.78 Å². The van der Waals surface area contributed by atoms with Gasteiger partial charge < -0.3 is 0 Å². The lowest BCUT2D eigenvalue weighted by Crippen LogP contribution is -2.32. The summed E-state index contributed by atoms with van der Waals surface area (Å²) in [5.74, 6) is -0.667. The van der Waals surface area contributed by atoms with Crippen LogP contribution in [-0.2, 0) is 4.79 Å². The van der Waals surface area contributed by atoms with Crippen molar-refractivity contribution in [3.05, 3.63) is 35.9 Å². The highest BCUT2D eigenvalue weighted by molar-refractivity contribution is 5.90. The summed E-state index contributed by atoms with van der Waals surface area (Å²) in [5.41, 5.74) is 0.784. The molecule has 0 aliphatic rings. The SMILES string of the molecule is CCN(CC)CC(=O)[C@H](C#N)c1ccccc1. The van der Waals surface area contributed by atoms with E-state index in [0.717, 1.165) is 18.7 Å². The zero-order valence-corrected chi connectivity index (χ0v) is 10.4. The monoisotopic (exact) mass is 230 g/mol. The standard InChI is InChI=1S/C14H18N2O/c1-3-16(4-2)11-14(17)13(10-15)12-8-6-5-7-9-12/h5-9,13H,3-4,11H2,1-2H3/t13-/m1/s1. The predicted molar refractivity (Wildman–Crippen MR) is 67.6 cm³/mol. The molecule has 0 aliphatic carbocycles. The van der Waals surface area contributed by atoms with Crippen molar-refractivity contribution in [1.82, 2.24) is 4.90 Å². The van der Waals surface area contributed by atoms with Crippen molar-refractivity contribution >= 4 is 5.78 Å². The van der Waals surface area contributed by atoms with Gasteiger partial charge in [-0.2, -0.15) is 5.26 Å². The van der Waals surface area contributed by atoms with E-state index in [9.17, 15) is 4.79 Å². The number of hydrogen-bond acceptors (Lipinski definition) is 3. The summed E-state index contributed by atoms with van der Waals surface area (Å²) in [6.45, 7) is 6.03. The Hall–Kier alpha value is -1.66. The molecule has 0 saturated heterocycles. The van der Waals surface area contributed by atoms with E-state index >= 15 is 0 Å². The van der Waals surface area contributed by atoms with Crippen LogP contribution < -0.4 is 0 Å². The van der Waals surface area contributed by atoms with Crippen molar-refractivity contribution < 1.29 is 4.79 Å². The van der Waals surface area contributed by atoms with Crippen molar-refractivity contribution in [2.24, 2.45) is 0 Å². The van der Waals surface area contributed by atoms with Gasteiger partial charge in [-0.1, -0.05) is 44.2 Å². The molecule has 0 aliphatic heterocycles. The van der Waals surface area contributed by atoms with Crippen LogP contribution in [0.25, 0.3) is 0 Å². The van der Waals surface area contributed by atoms with Crippen molar-refractivity contribution in [3.63, 3.8) is 0 Å². The molecule has 0 saturated carbocycles. The zero-order chi connectivity index (χ0) is 12.7. The molecule has 0 amide bonds. The molecule has 0 bridgehead atoms. The molecule has 0 N–H and O–H groups in total. The quantitative estimate of drug-likeness (QED) is 0.752. The molecule has 1 aromatic rings. The Morgan fingerprint density at radius 1 is 1.29 bits per heavy atom. The number of benzene rings is 1. The van der Waals surface area contributed by atoms with Crippen molar-refractivity contribution in [3.8, 4) is 6.07 Å². The van der Waals surface area contributed by atoms with Crippen LogP contribution in [-0.4, -0.2) is 30.3 Å². The predicted octanol–water partition coefficient (Wildman–Crippen LogP) is 2.20. The summed E-state index contributed by atoms with van der Waals surface area (Å²) >= 11 is 0. The van der Waals surface area contributed by atoms with Crippen LogP contribution in [0.15, 0.2) is 30.3 Å². The maximum Gasteiger partial charge on any atom is 0.168 e. The van der Waals surface area contributed by atoms with Gasteiger partial charge in [0.1, 0.15) is 5.92 Å². The summed E-state index contributed by atoms with van der Waals surface area (Å²) in [7, 11) is 0. The topological polar surface area (TPSA) is 44.1 Å². The Morgan fingerprint density at radius 3 is 2.35 bits per heavy atom. The molecule has 1 atom stereocenters. The van der Waals surface area contributed by atoms with Gasteiger partial charge in [-0.15, -0.1) is 0 Å². The average Bonchev–Trinajstić information content (AvgIpc) is 2.38. The van der Waals surface area contributed by atoms with Crippen LogP contribution >= 0.6 is 0 Å². The van der Waals surface area contributed by atoms with E-state index in [2.05, 4.69) is 6.07 Å². The Labute approximate surface area is 103 Å². The summed E-state index contributed by atoms with van der Waals surface area (Å²) in [5, 5.41) is 9.12. The number of nitriles is 1. The molecule has 0 radical (unpaired) electrons. The largest absolute Gasteiger partial charge is 0.297 e. The second-order valence-electron chi connectivity index (χ2n) is 3.90. The van der Waals surface area contributed by atoms with Crippen LogP contribution in [0.4, 0.5) is 0 Å². The minimum Gasteiger partial charge on any atom is -0.297 e. The lowest BCUT2D eigenvalue weighted by molar-refractivity contribution is -0.120. The Bertz CT molecular complexity index is 390. The molecule has 0 aromatic heterocycles. The van der Waals surface area contributed by atoms with Crippen molar-refractivity contribution in [2.75, 3.05) is 19.6 Å². The van der Waals surface area contributed by atoms with Crippen LogP contribution in [0.3, 0.4) is 0 Å². The van der Waals surface area contributed by atoms with Crippen LogP contribution in [0, 0.1) is 11.3 Å². The van der Waals surface area contributed by atoms with Crippen LogP contribution in [0.1, 0.15) is 25.3 Å². The van der Waals surface area contributed by atoms with E-state index in [1.807, 2.05) is 49.1 Å². The lowest BCUT2D eigenvalue weighted by Gasteiger charge is -2.18. The number of rotatable bonds is 6. The minimum atomic E-state index is -0.642. The van der Waals surface area contributed by atoms with E-state index in [1.54, 1.807) is 0 Å². The Balaban J connectivity index is 2.76. The van der Waals surface area contributed by atoms with Gasteiger partial charge in [0.05, 0.1) is 12.6 Å². The first-order valence-corrected chi connectivity index (χ1v) is 5.92. The highest BCUT2D eigenvalue weighted by Gasteiger charge is 2.21. The van der Waals surface area contributed by atoms with Gasteiger partial charge in [0, 0.05) is 0 Å². The molecule has 0 spiro atoms. The fraction of sp³-hybridized carbons (Fsp3) is 0.429. The third-order valence-electron chi connectivity index (χ3n) is 2.86. The second-order valence-corrected chi connectivity index (χ2v) is 3.90. The molecule has 17 heavy (non-hydrogen) atoms. The third-order valence-corrected chi connectivity index (χ3v) is 2.86. The molecule has 3 heteroatoms. The number of carbonyl (C=O) groups excluding carboxylic acids is 1. The number of ketones is 1. The average molecular weight is 230 g/mol. The maximum atomic E-state index is 12.0. The van der Waals surface area contributed by atoms with Crippen molar-refractivity contribution in [1.29, 1.82) is 5.26 Å². The number of nitrogens with zero attached hydrogens (tertiary/aromatic N) is 2. The number of likely N-dealkylation sites (N-methyl/N-ethyl adjacent to an activating group) is 1. The van der Waals surface area contributed by atoms with Gasteiger partial charge in [-0.25, -0.2) is 0 Å². The first-order chi connectivity index (χ1) is 8.22. The van der Waals surface area contributed by atoms with E-state index in [1.165, 1.54) is 0 Å². The first kappa shape index (κ1) is 13.4. The van der Waals surface area contributed by atoms with Gasteiger partial charge in [-0.05, 0) is 18.7 Å². The smallest absolute Gasteiger partial charge is 0.168 e. The third kappa shape index (κ3) is 3.69. The molecule has 0 fully saturated rings. The molecular formula is C14H18N2O. The number of carbonyl (C=O) groups is 1. The summed E-state index contributed by atoms with van der Waals surface area (Å²) in [6, 6.07) is 11.3. The van der Waals surface area contributed by atoms with Gasteiger partial charge in [-0.3, -0.25) is 9.69 Å². The van der Waals surface area contributed by atoms with Crippen LogP contribution in [0.5, 0.6) is 0 Å². The summed E-state index contributed by atoms with van der Waals surface area (Å²) in [4.78, 5) is 14.1. The Kier molecular flexibility index (Phi) is 5.38. The fourth-order valence-electron chi connectivity index (χ4n) is 1.74. The van der Waals surface area contributed by atoms with Gasteiger partial charge >= 0.3 is 0 Å².